The fourth-order valence-corrected chi connectivity index (χ4v) is 2.36. The van der Waals surface area contributed by atoms with Crippen LogP contribution in [-0.4, -0.2) is 23.4 Å². The first-order valence-corrected chi connectivity index (χ1v) is 6.93. The first-order valence-electron chi connectivity index (χ1n) is 6.55. The first-order chi connectivity index (χ1) is 9.50. The zero-order valence-corrected chi connectivity index (χ0v) is 12.6. The second kappa shape index (κ2) is 6.09. The topological polar surface area (TPSA) is 38.1 Å². The van der Waals surface area contributed by atoms with Crippen LogP contribution in [0.15, 0.2) is 41.3 Å². The van der Waals surface area contributed by atoms with Gasteiger partial charge in [-0.3, -0.25) is 4.79 Å². The Labute approximate surface area is 123 Å². The van der Waals surface area contributed by atoms with Crippen molar-refractivity contribution in [2.24, 2.45) is 5.92 Å². The van der Waals surface area contributed by atoms with Crippen LogP contribution in [0.5, 0.6) is 0 Å². The number of rotatable bonds is 4. The van der Waals surface area contributed by atoms with E-state index >= 15 is 0 Å². The smallest absolute Gasteiger partial charge is 0.292 e. The van der Waals surface area contributed by atoms with Gasteiger partial charge in [-0.25, -0.2) is 0 Å². The van der Waals surface area contributed by atoms with Crippen LogP contribution in [0.4, 0.5) is 5.69 Å². The quantitative estimate of drug-likeness (QED) is 0.869. The molecule has 1 aromatic carbocycles. The molecule has 2 aromatic rings. The second-order valence-electron chi connectivity index (χ2n) is 5.17. The number of hydrogen-bond donors (Lipinski definition) is 0. The van der Waals surface area contributed by atoms with Gasteiger partial charge in [-0.15, -0.1) is 0 Å². The van der Waals surface area contributed by atoms with Gasteiger partial charge in [-0.2, -0.15) is 9.78 Å². The molecule has 0 N–H and O–H groups in total. The third-order valence-corrected chi connectivity index (χ3v) is 3.31. The lowest BCUT2D eigenvalue weighted by molar-refractivity contribution is 0.636. The van der Waals surface area contributed by atoms with Gasteiger partial charge < -0.3 is 4.90 Å². The Balaban J connectivity index is 2.43. The van der Waals surface area contributed by atoms with Crippen LogP contribution in [0.2, 0.25) is 5.02 Å². The van der Waals surface area contributed by atoms with E-state index in [2.05, 4.69) is 18.9 Å². The summed E-state index contributed by atoms with van der Waals surface area (Å²) in [5, 5.41) is 4.42. The van der Waals surface area contributed by atoms with E-state index in [9.17, 15) is 4.79 Å². The van der Waals surface area contributed by atoms with Crippen LogP contribution in [0, 0.1) is 5.92 Å². The molecule has 5 heteroatoms. The molecule has 0 atom stereocenters. The van der Waals surface area contributed by atoms with E-state index in [1.54, 1.807) is 6.20 Å². The molecular formula is C15H18ClN3O. The second-order valence-corrected chi connectivity index (χ2v) is 5.55. The monoisotopic (exact) mass is 291 g/mol. The number of benzene rings is 1. The van der Waals surface area contributed by atoms with Gasteiger partial charge in [-0.05, 0) is 18.1 Å². The molecule has 0 spiro atoms. The molecule has 0 saturated carbocycles. The van der Waals surface area contributed by atoms with Crippen LogP contribution in [-0.2, 0) is 0 Å². The molecule has 0 radical (unpaired) electrons. The van der Waals surface area contributed by atoms with Crippen LogP contribution >= 0.6 is 11.6 Å². The van der Waals surface area contributed by atoms with Gasteiger partial charge in [0.15, 0.2) is 0 Å². The summed E-state index contributed by atoms with van der Waals surface area (Å²) >= 11 is 6.21. The van der Waals surface area contributed by atoms with Gasteiger partial charge in [0.1, 0.15) is 5.02 Å². The summed E-state index contributed by atoms with van der Waals surface area (Å²) < 4.78 is 1.31. The SMILES string of the molecule is CC(C)CN(C)c1cnn(-c2ccccc2)c(=O)c1Cl. The first kappa shape index (κ1) is 14.6. The summed E-state index contributed by atoms with van der Waals surface area (Å²) in [6, 6.07) is 9.25. The summed E-state index contributed by atoms with van der Waals surface area (Å²) in [5.74, 6) is 0.479. The predicted molar refractivity (Wildman–Crippen MR) is 83.0 cm³/mol. The molecule has 1 aromatic heterocycles. The van der Waals surface area contributed by atoms with Crippen LogP contribution in [0.3, 0.4) is 0 Å². The summed E-state index contributed by atoms with van der Waals surface area (Å²) in [5.41, 5.74) is 1.07. The Bertz CT molecular complexity index is 637. The predicted octanol–water partition coefficient (Wildman–Crippen LogP) is 2.98. The highest BCUT2D eigenvalue weighted by Crippen LogP contribution is 2.21. The van der Waals surface area contributed by atoms with E-state index in [4.69, 9.17) is 11.6 Å². The third-order valence-electron chi connectivity index (χ3n) is 2.95. The maximum Gasteiger partial charge on any atom is 0.292 e. The summed E-state index contributed by atoms with van der Waals surface area (Å²) in [6.45, 7) is 5.04. The average molecular weight is 292 g/mol. The molecule has 2 rings (SSSR count). The Morgan fingerprint density at radius 3 is 2.55 bits per heavy atom. The molecule has 0 fully saturated rings. The van der Waals surface area contributed by atoms with Crippen molar-refractivity contribution in [2.45, 2.75) is 13.8 Å². The molecule has 20 heavy (non-hydrogen) atoms. The van der Waals surface area contributed by atoms with Crippen molar-refractivity contribution in [1.82, 2.24) is 9.78 Å². The summed E-state index contributed by atoms with van der Waals surface area (Å²) in [4.78, 5) is 14.3. The molecule has 1 heterocycles. The van der Waals surface area contributed by atoms with Crippen molar-refractivity contribution in [3.63, 3.8) is 0 Å². The number of hydrogen-bond acceptors (Lipinski definition) is 3. The molecule has 0 unspecified atom stereocenters. The Morgan fingerprint density at radius 2 is 1.95 bits per heavy atom. The van der Waals surface area contributed by atoms with Gasteiger partial charge in [0, 0.05) is 13.6 Å². The van der Waals surface area contributed by atoms with Gasteiger partial charge >= 0.3 is 0 Å². The molecule has 0 bridgehead atoms. The van der Waals surface area contributed by atoms with E-state index in [0.717, 1.165) is 6.54 Å². The molecule has 0 aliphatic heterocycles. The number of nitrogens with zero attached hydrogens (tertiary/aromatic N) is 3. The Kier molecular flexibility index (Phi) is 4.45. The lowest BCUT2D eigenvalue weighted by atomic mass is 10.2. The number of anilines is 1. The largest absolute Gasteiger partial charge is 0.372 e. The Morgan fingerprint density at radius 1 is 1.30 bits per heavy atom. The normalized spacial score (nSPS) is 10.8. The van der Waals surface area contributed by atoms with Gasteiger partial charge in [-0.1, -0.05) is 43.6 Å². The minimum atomic E-state index is -0.300. The molecule has 0 aliphatic carbocycles. The highest BCUT2D eigenvalue weighted by Gasteiger charge is 2.14. The van der Waals surface area contributed by atoms with E-state index < -0.39 is 0 Å². The van der Waals surface area contributed by atoms with Crippen molar-refractivity contribution >= 4 is 17.3 Å². The molecule has 0 saturated heterocycles. The third kappa shape index (κ3) is 3.02. The lowest BCUT2D eigenvalue weighted by Gasteiger charge is -2.22. The summed E-state index contributed by atoms with van der Waals surface area (Å²) in [6.07, 6.45) is 1.64. The molecule has 0 aliphatic rings. The van der Waals surface area contributed by atoms with Crippen LogP contribution in [0.25, 0.3) is 5.69 Å². The van der Waals surface area contributed by atoms with Gasteiger partial charge in [0.2, 0.25) is 0 Å². The Hall–Kier alpha value is -1.81. The zero-order chi connectivity index (χ0) is 14.7. The number of halogens is 1. The molecule has 4 nitrogen and oxygen atoms in total. The van der Waals surface area contributed by atoms with Crippen LogP contribution in [0.1, 0.15) is 13.8 Å². The minimum Gasteiger partial charge on any atom is -0.372 e. The highest BCUT2D eigenvalue weighted by molar-refractivity contribution is 6.33. The van der Waals surface area contributed by atoms with E-state index in [0.29, 0.717) is 17.3 Å². The average Bonchev–Trinajstić information content (AvgIpc) is 2.42. The van der Waals surface area contributed by atoms with Crippen molar-refractivity contribution in [3.05, 3.63) is 51.9 Å². The van der Waals surface area contributed by atoms with Gasteiger partial charge in [0.25, 0.3) is 5.56 Å². The number of aromatic nitrogens is 2. The molecule has 0 amide bonds. The minimum absolute atomic E-state index is 0.201. The van der Waals surface area contributed by atoms with Gasteiger partial charge in [0.05, 0.1) is 17.6 Å². The van der Waals surface area contributed by atoms with E-state index in [1.165, 1.54) is 4.68 Å². The maximum absolute atomic E-state index is 12.3. The summed E-state index contributed by atoms with van der Waals surface area (Å²) in [7, 11) is 1.91. The molecular weight excluding hydrogens is 274 g/mol. The number of para-hydroxylation sites is 1. The van der Waals surface area contributed by atoms with Crippen molar-refractivity contribution < 1.29 is 0 Å². The maximum atomic E-state index is 12.3. The van der Waals surface area contributed by atoms with Crippen molar-refractivity contribution in [1.29, 1.82) is 0 Å². The zero-order valence-electron chi connectivity index (χ0n) is 11.9. The highest BCUT2D eigenvalue weighted by atomic mass is 35.5. The van der Waals surface area contributed by atoms with Crippen molar-refractivity contribution in [2.75, 3.05) is 18.5 Å². The van der Waals surface area contributed by atoms with E-state index in [1.807, 2.05) is 42.3 Å². The fourth-order valence-electron chi connectivity index (χ4n) is 2.09. The fraction of sp³-hybridized carbons (Fsp3) is 0.333. The van der Waals surface area contributed by atoms with Crippen LogP contribution < -0.4 is 10.5 Å². The van der Waals surface area contributed by atoms with Crippen molar-refractivity contribution in [3.8, 4) is 5.69 Å². The standard InChI is InChI=1S/C15H18ClN3O/c1-11(2)10-18(3)13-9-17-19(15(20)14(13)16)12-7-5-4-6-8-12/h4-9,11H,10H2,1-3H3. The van der Waals surface area contributed by atoms with E-state index in [-0.39, 0.29) is 10.6 Å². The molecule has 106 valence electrons. The lowest BCUT2D eigenvalue weighted by Crippen LogP contribution is -2.28.